The number of ether oxygens (including phenoxy) is 3. The molecule has 2 aliphatic heterocycles. The van der Waals surface area contributed by atoms with Gasteiger partial charge < -0.3 is 34.8 Å². The van der Waals surface area contributed by atoms with Gasteiger partial charge in [-0.3, -0.25) is 4.79 Å². The fraction of sp³-hybridized carbons (Fsp3) is 0.396. The summed E-state index contributed by atoms with van der Waals surface area (Å²) >= 11 is 0. The van der Waals surface area contributed by atoms with Crippen LogP contribution in [0.15, 0.2) is 90.7 Å². The van der Waals surface area contributed by atoms with E-state index in [4.69, 9.17) is 14.2 Å². The molecular formula is C48H53NO7. The van der Waals surface area contributed by atoms with Crippen LogP contribution in [0.1, 0.15) is 85.6 Å². The number of hydrogen-bond donors (Lipinski definition) is 4. The summed E-state index contributed by atoms with van der Waals surface area (Å²) in [5.41, 5.74) is 6.26. The van der Waals surface area contributed by atoms with Crippen molar-refractivity contribution in [3.05, 3.63) is 119 Å². The highest BCUT2D eigenvalue weighted by Gasteiger charge is 2.28. The van der Waals surface area contributed by atoms with Crippen molar-refractivity contribution >= 4 is 22.2 Å². The molecule has 292 valence electrons. The number of anilines is 1. The van der Waals surface area contributed by atoms with Gasteiger partial charge in [0.25, 0.3) is 0 Å². The average Bonchev–Trinajstić information content (AvgIpc) is 3.19. The molecule has 4 aromatic rings. The predicted octanol–water partition coefficient (Wildman–Crippen LogP) is 9.25. The number of phenols is 1. The van der Waals surface area contributed by atoms with Crippen molar-refractivity contribution < 1.29 is 34.3 Å². The number of rotatable bonds is 11. The summed E-state index contributed by atoms with van der Waals surface area (Å²) in [6.45, 7) is 2.64. The number of hydrogen-bond acceptors (Lipinski definition) is 8. The minimum absolute atomic E-state index is 0.0240. The lowest BCUT2D eigenvalue weighted by Gasteiger charge is -2.28. The number of fused-ring (bicyclic) bond motifs is 7. The lowest BCUT2D eigenvalue weighted by Crippen LogP contribution is -2.24. The Bertz CT molecular complexity index is 2160. The Kier molecular flexibility index (Phi) is 12.5. The number of carbonyl (C=O) groups is 1. The highest BCUT2D eigenvalue weighted by molar-refractivity contribution is 5.93. The van der Waals surface area contributed by atoms with Gasteiger partial charge in [0.2, 0.25) is 0 Å². The van der Waals surface area contributed by atoms with Crippen molar-refractivity contribution in [2.45, 2.75) is 95.9 Å². The fourth-order valence-electron chi connectivity index (χ4n) is 8.45. The Morgan fingerprint density at radius 2 is 1.88 bits per heavy atom. The van der Waals surface area contributed by atoms with E-state index in [1.165, 1.54) is 5.56 Å². The van der Waals surface area contributed by atoms with Crippen LogP contribution in [0.2, 0.25) is 0 Å². The van der Waals surface area contributed by atoms with Crippen LogP contribution >= 0.6 is 0 Å². The van der Waals surface area contributed by atoms with E-state index in [2.05, 4.69) is 47.7 Å². The molecule has 8 rings (SSSR count). The monoisotopic (exact) mass is 755 g/mol. The Balaban J connectivity index is 1.10. The van der Waals surface area contributed by atoms with Gasteiger partial charge in [-0.05, 0) is 145 Å². The lowest BCUT2D eigenvalue weighted by atomic mass is 9.80. The summed E-state index contributed by atoms with van der Waals surface area (Å²) in [5, 5.41) is 36.7. The summed E-state index contributed by atoms with van der Waals surface area (Å²) in [5.74, 6) is 5.06. The molecule has 8 bridgehead atoms. The molecule has 0 radical (unpaired) electrons. The van der Waals surface area contributed by atoms with Gasteiger partial charge in [-0.2, -0.15) is 0 Å². The third-order valence-electron chi connectivity index (χ3n) is 11.3. The van der Waals surface area contributed by atoms with Gasteiger partial charge in [0.05, 0.1) is 19.1 Å². The van der Waals surface area contributed by atoms with Crippen molar-refractivity contribution in [3.63, 3.8) is 0 Å². The van der Waals surface area contributed by atoms with Gasteiger partial charge in [-0.15, -0.1) is 0 Å². The van der Waals surface area contributed by atoms with E-state index in [1.54, 1.807) is 26.2 Å². The molecule has 4 N–H and O–H groups in total. The number of aliphatic hydroxyl groups is 2. The first kappa shape index (κ1) is 38.9. The maximum Gasteiger partial charge on any atom is 0.161 e. The van der Waals surface area contributed by atoms with Crippen LogP contribution in [0, 0.1) is 23.9 Å². The second kappa shape index (κ2) is 18.0. The number of Topliss-reactive ketones (excluding diaryl/α,β-unsaturated/α-hetero) is 1. The standard InChI is InChI=1S/C48H53NO7/c1-31(50)29-49-40-9-5-7-32(24-40)6-3-4-8-35-14-17-41(51)26-39(35)27-43-28-42(52)16-10-33-11-19-45(54-2)46(25-33)56-30-34-22-37-13-12-36(20-21-55-43)48-44(53)18-15-38(23-34)47(37)48/h5,7,9,11,14-15,17-19,22-26,31,35-36,39,43,49-51,53H,3-4,6,8,10,12-13,16,27-30H2,1-2H3/t31-,35-,36+,39-,43+/m0/s1. The zero-order valence-electron chi connectivity index (χ0n) is 32.4. The minimum Gasteiger partial charge on any atom is -0.508 e. The maximum absolute atomic E-state index is 13.6. The number of unbranched alkanes of at least 4 members (excludes halogenated alkanes) is 1. The number of allylic oxidation sites excluding steroid dienone is 3. The van der Waals surface area contributed by atoms with E-state index in [0.29, 0.717) is 43.9 Å². The third-order valence-corrected chi connectivity index (χ3v) is 11.3. The van der Waals surface area contributed by atoms with Crippen LogP contribution in [0.3, 0.4) is 0 Å². The fourth-order valence-corrected chi connectivity index (χ4v) is 8.45. The van der Waals surface area contributed by atoms with Crippen molar-refractivity contribution in [1.29, 1.82) is 0 Å². The maximum atomic E-state index is 13.6. The second-order valence-electron chi connectivity index (χ2n) is 15.6. The van der Waals surface area contributed by atoms with Crippen LogP contribution in [0.4, 0.5) is 5.69 Å². The Labute approximate surface area is 330 Å². The van der Waals surface area contributed by atoms with Gasteiger partial charge in [0.1, 0.15) is 36.1 Å². The molecule has 0 saturated heterocycles. The lowest BCUT2D eigenvalue weighted by molar-refractivity contribution is -0.121. The molecule has 56 heavy (non-hydrogen) atoms. The first-order valence-electron chi connectivity index (χ1n) is 20.1. The minimum atomic E-state index is -0.477. The smallest absolute Gasteiger partial charge is 0.161 e. The number of phenolic OH excluding ortho intramolecular Hbond substituents is 1. The number of ketones is 1. The van der Waals surface area contributed by atoms with Crippen molar-refractivity contribution in [2.75, 3.05) is 19.0 Å². The third kappa shape index (κ3) is 9.69. The highest BCUT2D eigenvalue weighted by atomic mass is 16.5. The molecule has 0 spiro atoms. The van der Waals surface area contributed by atoms with Crippen LogP contribution in [0.5, 0.6) is 17.2 Å². The largest absolute Gasteiger partial charge is 0.508 e. The van der Waals surface area contributed by atoms with Gasteiger partial charge in [0, 0.05) is 30.6 Å². The van der Waals surface area contributed by atoms with Gasteiger partial charge in [-0.25, -0.2) is 0 Å². The molecule has 2 heterocycles. The molecule has 0 fully saturated rings. The zero-order chi connectivity index (χ0) is 39.0. The van der Waals surface area contributed by atoms with Crippen LogP contribution in [-0.4, -0.2) is 47.0 Å². The van der Waals surface area contributed by atoms with Gasteiger partial charge in [-0.1, -0.05) is 48.7 Å². The highest BCUT2D eigenvalue weighted by Crippen LogP contribution is 2.42. The number of nitrogens with one attached hydrogen (secondary N) is 1. The average molecular weight is 756 g/mol. The quantitative estimate of drug-likeness (QED) is 0.0885. The molecule has 0 saturated carbocycles. The summed E-state index contributed by atoms with van der Waals surface area (Å²) in [6.07, 6.45) is 15.0. The first-order valence-corrected chi connectivity index (χ1v) is 20.1. The van der Waals surface area contributed by atoms with E-state index < -0.39 is 12.2 Å². The van der Waals surface area contributed by atoms with E-state index in [9.17, 15) is 20.1 Å². The number of aromatic hydroxyl groups is 1. The molecule has 4 aromatic carbocycles. The second-order valence-corrected chi connectivity index (χ2v) is 15.6. The topological polar surface area (TPSA) is 117 Å². The van der Waals surface area contributed by atoms with E-state index in [1.807, 2.05) is 42.5 Å². The molecule has 5 atom stereocenters. The molecule has 8 nitrogen and oxygen atoms in total. The van der Waals surface area contributed by atoms with Crippen molar-refractivity contribution in [2.24, 2.45) is 11.8 Å². The molecule has 8 heteroatoms. The summed E-state index contributed by atoms with van der Waals surface area (Å²) < 4.78 is 18.3. The summed E-state index contributed by atoms with van der Waals surface area (Å²) in [7, 11) is 1.63. The number of benzene rings is 4. The Hall–Kier alpha value is -5.39. The normalized spacial score (nSPS) is 21.2. The van der Waals surface area contributed by atoms with Crippen molar-refractivity contribution in [3.8, 4) is 29.3 Å². The number of aryl methyl sites for hydroxylation is 3. The predicted molar refractivity (Wildman–Crippen MR) is 220 cm³/mol. The SMILES string of the molecule is COc1ccc2cc1OCc1cc3c4c(c(O)ccc4c1)[C@@H](C#CO[C@H](C[C@@H]1C=C(O)C=C[C@@H]1CCCCc1cccc(NC[C@H](C)O)c1)CC(=O)CC2)CC3. The summed E-state index contributed by atoms with van der Waals surface area (Å²) in [4.78, 5) is 13.6. The first-order chi connectivity index (χ1) is 27.2. The number of carbonyl (C=O) groups excluding carboxylic acids is 1. The van der Waals surface area contributed by atoms with Gasteiger partial charge in [0.15, 0.2) is 11.5 Å². The molecule has 0 amide bonds. The van der Waals surface area contributed by atoms with Crippen LogP contribution in [0.25, 0.3) is 10.8 Å². The number of methoxy groups -OCH3 is 1. The van der Waals surface area contributed by atoms with Crippen molar-refractivity contribution in [1.82, 2.24) is 0 Å². The van der Waals surface area contributed by atoms with Crippen LogP contribution < -0.4 is 14.8 Å². The molecule has 0 unspecified atom stereocenters. The summed E-state index contributed by atoms with van der Waals surface area (Å²) in [6, 6.07) is 22.2. The van der Waals surface area contributed by atoms with Crippen LogP contribution in [-0.2, 0) is 35.4 Å². The zero-order valence-corrected chi connectivity index (χ0v) is 32.4. The Morgan fingerprint density at radius 3 is 2.73 bits per heavy atom. The van der Waals surface area contributed by atoms with E-state index in [0.717, 1.165) is 77.2 Å². The van der Waals surface area contributed by atoms with E-state index in [-0.39, 0.29) is 41.5 Å². The molecule has 2 aliphatic carbocycles. The number of aliphatic hydroxyl groups excluding tert-OH is 2. The molecule has 0 aromatic heterocycles. The van der Waals surface area contributed by atoms with E-state index >= 15 is 0 Å². The van der Waals surface area contributed by atoms with Gasteiger partial charge >= 0.3 is 0 Å². The molecular weight excluding hydrogens is 703 g/mol. The molecule has 4 aliphatic rings. The Morgan fingerprint density at radius 1 is 0.982 bits per heavy atom.